The molecule has 2 nitrogen and oxygen atoms in total. The van der Waals surface area contributed by atoms with Crippen molar-refractivity contribution in [3.05, 3.63) is 54.1 Å². The molecule has 0 amide bonds. The highest BCUT2D eigenvalue weighted by atomic mass is 15.2. The van der Waals surface area contributed by atoms with Gasteiger partial charge in [-0.1, -0.05) is 48.9 Å². The lowest BCUT2D eigenvalue weighted by Gasteiger charge is -2.34. The van der Waals surface area contributed by atoms with Crippen LogP contribution in [0.4, 0.5) is 5.69 Å². The first-order valence-electron chi connectivity index (χ1n) is 8.96. The number of anilines is 1. The number of fused-ring (bicyclic) bond motifs is 3. The van der Waals surface area contributed by atoms with Gasteiger partial charge in [0, 0.05) is 30.7 Å². The van der Waals surface area contributed by atoms with Gasteiger partial charge in [0.15, 0.2) is 0 Å². The first-order chi connectivity index (χ1) is 11.1. The first-order valence-corrected chi connectivity index (χ1v) is 8.96. The summed E-state index contributed by atoms with van der Waals surface area (Å²) >= 11 is 0. The molecule has 23 heavy (non-hydrogen) atoms. The molecule has 2 aliphatic rings. The van der Waals surface area contributed by atoms with Crippen LogP contribution in [0, 0.1) is 6.92 Å². The minimum atomic E-state index is 0.646. The quantitative estimate of drug-likeness (QED) is 0.755. The van der Waals surface area contributed by atoms with Crippen molar-refractivity contribution >= 4 is 5.69 Å². The lowest BCUT2D eigenvalue weighted by molar-refractivity contribution is 0.262. The van der Waals surface area contributed by atoms with Crippen LogP contribution in [0.1, 0.15) is 42.7 Å². The summed E-state index contributed by atoms with van der Waals surface area (Å²) in [4.78, 5) is 5.18. The fourth-order valence-corrected chi connectivity index (χ4v) is 4.23. The molecule has 1 saturated heterocycles. The topological polar surface area (TPSA) is 6.48 Å². The second-order valence-corrected chi connectivity index (χ2v) is 7.30. The number of hydrogen-bond donors (Lipinski definition) is 0. The predicted molar refractivity (Wildman–Crippen MR) is 100 cm³/mol. The van der Waals surface area contributed by atoms with Gasteiger partial charge in [0.05, 0.1) is 0 Å². The molecule has 0 bridgehead atoms. The van der Waals surface area contributed by atoms with Crippen LogP contribution in [-0.4, -0.2) is 37.6 Å². The summed E-state index contributed by atoms with van der Waals surface area (Å²) < 4.78 is 0. The van der Waals surface area contributed by atoms with Gasteiger partial charge in [-0.3, -0.25) is 0 Å². The van der Waals surface area contributed by atoms with E-state index in [1.54, 1.807) is 5.56 Å². The van der Waals surface area contributed by atoms with Crippen molar-refractivity contribution in [2.75, 3.05) is 31.6 Å². The van der Waals surface area contributed by atoms with Crippen molar-refractivity contribution in [1.82, 2.24) is 4.90 Å². The van der Waals surface area contributed by atoms with Crippen LogP contribution >= 0.6 is 0 Å². The second-order valence-electron chi connectivity index (χ2n) is 7.30. The first kappa shape index (κ1) is 16.3. The van der Waals surface area contributed by atoms with E-state index < -0.39 is 0 Å². The van der Waals surface area contributed by atoms with Gasteiger partial charge in [0.25, 0.3) is 0 Å². The summed E-state index contributed by atoms with van der Waals surface area (Å²) in [5.41, 5.74) is 5.54. The van der Waals surface area contributed by atoms with Crippen molar-refractivity contribution in [3.63, 3.8) is 0 Å². The molecule has 3 rings (SSSR count). The zero-order valence-corrected chi connectivity index (χ0v) is 14.7. The maximum absolute atomic E-state index is 4.10. The normalized spacial score (nSPS) is 24.5. The number of allylic oxidation sites excluding steroid dienone is 1. The molecule has 0 spiro atoms. The third kappa shape index (κ3) is 3.37. The van der Waals surface area contributed by atoms with Gasteiger partial charge in [-0.15, -0.1) is 0 Å². The zero-order chi connectivity index (χ0) is 16.4. The number of likely N-dealkylation sites (N-methyl/N-ethyl adjacent to an activating group) is 1. The molecule has 124 valence electrons. The van der Waals surface area contributed by atoms with E-state index in [1.807, 2.05) is 6.08 Å². The molecular formula is C21H30N2. The molecule has 1 aromatic rings. The van der Waals surface area contributed by atoms with Crippen molar-refractivity contribution in [1.29, 1.82) is 0 Å². The molecular weight excluding hydrogens is 280 g/mol. The van der Waals surface area contributed by atoms with E-state index in [-0.39, 0.29) is 0 Å². The van der Waals surface area contributed by atoms with E-state index in [2.05, 4.69) is 55.1 Å². The van der Waals surface area contributed by atoms with Crippen LogP contribution < -0.4 is 4.90 Å². The Morgan fingerprint density at radius 2 is 2.17 bits per heavy atom. The van der Waals surface area contributed by atoms with Gasteiger partial charge in [0.1, 0.15) is 0 Å². The summed E-state index contributed by atoms with van der Waals surface area (Å²) in [6, 6.07) is 7.67. The van der Waals surface area contributed by atoms with Crippen molar-refractivity contribution < 1.29 is 0 Å². The lowest BCUT2D eigenvalue weighted by Crippen LogP contribution is -2.40. The van der Waals surface area contributed by atoms with Crippen LogP contribution in [0.5, 0.6) is 0 Å². The van der Waals surface area contributed by atoms with Crippen LogP contribution in [-0.2, 0) is 0 Å². The molecule has 0 aliphatic carbocycles. The molecule has 2 unspecified atom stereocenters. The van der Waals surface area contributed by atoms with Gasteiger partial charge >= 0.3 is 0 Å². The Hall–Kier alpha value is -1.54. The molecule has 0 aromatic heterocycles. The summed E-state index contributed by atoms with van der Waals surface area (Å²) in [7, 11) is 2.28. The molecule has 2 heterocycles. The molecule has 2 heteroatoms. The third-order valence-corrected chi connectivity index (χ3v) is 5.52. The SMILES string of the molecule is C=CC(=C)CCN1c2ccc(C)cc2C2CN(C)CCCCC21. The molecule has 1 fully saturated rings. The molecule has 1 aromatic carbocycles. The number of aryl methyl sites for hydroxylation is 1. The monoisotopic (exact) mass is 310 g/mol. The highest BCUT2D eigenvalue weighted by molar-refractivity contribution is 5.63. The Kier molecular flexibility index (Phi) is 4.91. The van der Waals surface area contributed by atoms with E-state index in [0.29, 0.717) is 12.0 Å². The average Bonchev–Trinajstić information content (AvgIpc) is 2.79. The number of benzene rings is 1. The molecule has 0 saturated carbocycles. The van der Waals surface area contributed by atoms with Crippen LogP contribution in [0.3, 0.4) is 0 Å². The highest BCUT2D eigenvalue weighted by Gasteiger charge is 2.38. The fourth-order valence-electron chi connectivity index (χ4n) is 4.23. The van der Waals surface area contributed by atoms with Crippen molar-refractivity contribution in [3.8, 4) is 0 Å². The standard InChI is InChI=1S/C21H30N2/c1-5-16(2)11-13-23-20-8-6-7-12-22(4)15-19(20)18-14-17(3)9-10-21(18)23/h5,9-10,14,19-20H,1-2,6-8,11-13,15H2,3-4H3. The van der Waals surface area contributed by atoms with Gasteiger partial charge < -0.3 is 9.80 Å². The fraction of sp³-hybridized carbons (Fsp3) is 0.524. The van der Waals surface area contributed by atoms with E-state index in [0.717, 1.165) is 18.5 Å². The van der Waals surface area contributed by atoms with Crippen LogP contribution in [0.25, 0.3) is 0 Å². The Morgan fingerprint density at radius 3 is 2.96 bits per heavy atom. The Labute approximate surface area is 141 Å². The Balaban J connectivity index is 1.91. The molecule has 0 radical (unpaired) electrons. The van der Waals surface area contributed by atoms with E-state index in [4.69, 9.17) is 0 Å². The van der Waals surface area contributed by atoms with Crippen molar-refractivity contribution in [2.24, 2.45) is 0 Å². The number of hydrogen-bond acceptors (Lipinski definition) is 2. The third-order valence-electron chi connectivity index (χ3n) is 5.52. The van der Waals surface area contributed by atoms with E-state index in [9.17, 15) is 0 Å². The average molecular weight is 310 g/mol. The summed E-state index contributed by atoms with van der Waals surface area (Å²) in [6.45, 7) is 13.6. The molecule has 2 aliphatic heterocycles. The maximum Gasteiger partial charge on any atom is 0.0405 e. The van der Waals surface area contributed by atoms with Crippen molar-refractivity contribution in [2.45, 2.75) is 44.6 Å². The smallest absolute Gasteiger partial charge is 0.0405 e. The zero-order valence-electron chi connectivity index (χ0n) is 14.7. The van der Waals surface area contributed by atoms with Gasteiger partial charge in [-0.25, -0.2) is 0 Å². The largest absolute Gasteiger partial charge is 0.367 e. The van der Waals surface area contributed by atoms with E-state index >= 15 is 0 Å². The van der Waals surface area contributed by atoms with Crippen LogP contribution in [0.15, 0.2) is 43.0 Å². The van der Waals surface area contributed by atoms with Crippen LogP contribution in [0.2, 0.25) is 0 Å². The Morgan fingerprint density at radius 1 is 1.35 bits per heavy atom. The highest BCUT2D eigenvalue weighted by Crippen LogP contribution is 2.44. The number of rotatable bonds is 4. The number of nitrogens with zero attached hydrogens (tertiary/aromatic N) is 2. The summed E-state index contributed by atoms with van der Waals surface area (Å²) in [5.74, 6) is 0.646. The number of likely N-dealkylation sites (tertiary alicyclic amines) is 1. The van der Waals surface area contributed by atoms with Gasteiger partial charge in [-0.2, -0.15) is 0 Å². The minimum absolute atomic E-state index is 0.646. The predicted octanol–water partition coefficient (Wildman–Crippen LogP) is 4.52. The van der Waals surface area contributed by atoms with E-state index in [1.165, 1.54) is 43.6 Å². The summed E-state index contributed by atoms with van der Waals surface area (Å²) in [5, 5.41) is 0. The minimum Gasteiger partial charge on any atom is -0.367 e. The lowest BCUT2D eigenvalue weighted by atomic mass is 9.89. The maximum atomic E-state index is 4.10. The molecule has 0 N–H and O–H groups in total. The Bertz CT molecular complexity index is 590. The van der Waals surface area contributed by atoms with Gasteiger partial charge in [-0.05, 0) is 51.4 Å². The summed E-state index contributed by atoms with van der Waals surface area (Å²) in [6.07, 6.45) is 6.87. The molecule has 2 atom stereocenters. The second kappa shape index (κ2) is 6.92. The van der Waals surface area contributed by atoms with Gasteiger partial charge in [0.2, 0.25) is 0 Å².